The fourth-order valence-electron chi connectivity index (χ4n) is 3.47. The molecule has 10 nitrogen and oxygen atoms in total. The maximum absolute atomic E-state index is 5.34. The zero-order valence-corrected chi connectivity index (χ0v) is 20.4. The molecule has 2 N–H and O–H groups in total. The molecule has 0 aliphatic carbocycles. The summed E-state index contributed by atoms with van der Waals surface area (Å²) in [7, 11) is 6.37. The van der Waals surface area contributed by atoms with Crippen molar-refractivity contribution in [2.24, 2.45) is 10.2 Å². The van der Waals surface area contributed by atoms with Gasteiger partial charge in [-0.2, -0.15) is 10.2 Å². The number of fused-ring (bicyclic) bond motifs is 1. The standard InChI is InChI=1S/C26H26N6O4/c1-33-21-11-9-17(13-23(21)35-3)15-27-29-25-19-7-5-6-8-20(19)26(32-31-25)30-28-16-18-10-12-22(34-2)24(14-18)36-4/h5-16H,1-4H3,(H,29,31)(H,30,32). The Bertz CT molecular complexity index is 1300. The number of aromatic nitrogens is 2. The Morgan fingerprint density at radius 1 is 0.583 bits per heavy atom. The highest BCUT2D eigenvalue weighted by molar-refractivity contribution is 5.98. The fraction of sp³-hybridized carbons (Fsp3) is 0.154. The van der Waals surface area contributed by atoms with Gasteiger partial charge in [0, 0.05) is 10.8 Å². The van der Waals surface area contributed by atoms with Gasteiger partial charge in [-0.15, -0.1) is 10.2 Å². The van der Waals surface area contributed by atoms with E-state index >= 15 is 0 Å². The average Bonchev–Trinajstić information content (AvgIpc) is 2.93. The SMILES string of the molecule is COc1ccc(C=NNc2nnc(NN=Cc3ccc(OC)c(OC)c3)c3ccccc23)cc1OC. The highest BCUT2D eigenvalue weighted by Gasteiger charge is 2.09. The first-order valence-corrected chi connectivity index (χ1v) is 10.9. The fourth-order valence-corrected chi connectivity index (χ4v) is 3.47. The first kappa shape index (κ1) is 24.3. The molecule has 1 heterocycles. The predicted molar refractivity (Wildman–Crippen MR) is 141 cm³/mol. The van der Waals surface area contributed by atoms with Crippen molar-refractivity contribution in [2.75, 3.05) is 39.3 Å². The Hall–Kier alpha value is -4.86. The third-order valence-corrected chi connectivity index (χ3v) is 5.27. The van der Waals surface area contributed by atoms with Gasteiger partial charge in [-0.1, -0.05) is 24.3 Å². The van der Waals surface area contributed by atoms with Crippen LogP contribution in [0.25, 0.3) is 10.8 Å². The minimum absolute atomic E-state index is 0.511. The molecule has 0 fully saturated rings. The van der Waals surface area contributed by atoms with Crippen molar-refractivity contribution < 1.29 is 18.9 Å². The second-order valence-electron chi connectivity index (χ2n) is 7.41. The van der Waals surface area contributed by atoms with Crippen LogP contribution in [0.5, 0.6) is 23.0 Å². The second-order valence-corrected chi connectivity index (χ2v) is 7.41. The lowest BCUT2D eigenvalue weighted by Gasteiger charge is -2.09. The molecule has 0 radical (unpaired) electrons. The summed E-state index contributed by atoms with van der Waals surface area (Å²) in [6, 6.07) is 18.8. The largest absolute Gasteiger partial charge is 0.493 e. The molecule has 0 amide bonds. The van der Waals surface area contributed by atoms with Crippen LogP contribution in [0.2, 0.25) is 0 Å². The van der Waals surface area contributed by atoms with Gasteiger partial charge in [0.15, 0.2) is 34.6 Å². The number of ether oxygens (including phenoxy) is 4. The molecule has 4 rings (SSSR count). The van der Waals surface area contributed by atoms with E-state index in [0.29, 0.717) is 34.6 Å². The minimum Gasteiger partial charge on any atom is -0.493 e. The van der Waals surface area contributed by atoms with E-state index in [9.17, 15) is 0 Å². The number of nitrogens with zero attached hydrogens (tertiary/aromatic N) is 4. The molecule has 0 atom stereocenters. The van der Waals surface area contributed by atoms with Gasteiger partial charge in [0.25, 0.3) is 0 Å². The number of rotatable bonds is 10. The summed E-state index contributed by atoms with van der Waals surface area (Å²) in [6.45, 7) is 0. The molecule has 0 saturated carbocycles. The number of methoxy groups -OCH3 is 4. The van der Waals surface area contributed by atoms with Crippen LogP contribution in [0.15, 0.2) is 70.9 Å². The molecular weight excluding hydrogens is 460 g/mol. The smallest absolute Gasteiger partial charge is 0.176 e. The molecule has 0 unspecified atom stereocenters. The molecule has 0 aliphatic heterocycles. The first-order valence-electron chi connectivity index (χ1n) is 10.9. The van der Waals surface area contributed by atoms with Crippen molar-refractivity contribution in [2.45, 2.75) is 0 Å². The molecule has 184 valence electrons. The van der Waals surface area contributed by atoms with E-state index in [1.54, 1.807) is 40.9 Å². The zero-order chi connectivity index (χ0) is 25.3. The molecular formula is C26H26N6O4. The summed E-state index contributed by atoms with van der Waals surface area (Å²) in [5.41, 5.74) is 7.60. The summed E-state index contributed by atoms with van der Waals surface area (Å²) in [4.78, 5) is 0. The molecule has 10 heteroatoms. The maximum Gasteiger partial charge on any atom is 0.176 e. The molecule has 36 heavy (non-hydrogen) atoms. The average molecular weight is 487 g/mol. The van der Waals surface area contributed by atoms with Crippen LogP contribution in [0.1, 0.15) is 11.1 Å². The summed E-state index contributed by atoms with van der Waals surface area (Å²) >= 11 is 0. The number of hydrogen-bond acceptors (Lipinski definition) is 10. The van der Waals surface area contributed by atoms with Crippen LogP contribution >= 0.6 is 0 Å². The van der Waals surface area contributed by atoms with Gasteiger partial charge in [0.05, 0.1) is 40.9 Å². The van der Waals surface area contributed by atoms with Crippen LogP contribution in [0.3, 0.4) is 0 Å². The van der Waals surface area contributed by atoms with Crippen molar-refractivity contribution in [3.05, 3.63) is 71.8 Å². The monoisotopic (exact) mass is 486 g/mol. The van der Waals surface area contributed by atoms with Gasteiger partial charge in [-0.05, 0) is 47.5 Å². The van der Waals surface area contributed by atoms with Gasteiger partial charge in [-0.3, -0.25) is 10.9 Å². The molecule has 0 bridgehead atoms. The summed E-state index contributed by atoms with van der Waals surface area (Å²) in [6.07, 6.45) is 3.33. The number of hydrogen-bond donors (Lipinski definition) is 2. The van der Waals surface area contributed by atoms with E-state index in [0.717, 1.165) is 21.9 Å². The van der Waals surface area contributed by atoms with E-state index in [1.165, 1.54) is 0 Å². The van der Waals surface area contributed by atoms with E-state index in [2.05, 4.69) is 31.3 Å². The van der Waals surface area contributed by atoms with Crippen molar-refractivity contribution in [1.82, 2.24) is 10.2 Å². The van der Waals surface area contributed by atoms with Crippen molar-refractivity contribution in [3.63, 3.8) is 0 Å². The summed E-state index contributed by atoms with van der Waals surface area (Å²) in [5, 5.41) is 18.9. The minimum atomic E-state index is 0.511. The van der Waals surface area contributed by atoms with Crippen LogP contribution in [-0.4, -0.2) is 51.1 Å². The quantitative estimate of drug-likeness (QED) is 0.248. The Kier molecular flexibility index (Phi) is 7.76. The van der Waals surface area contributed by atoms with Crippen LogP contribution < -0.4 is 29.8 Å². The van der Waals surface area contributed by atoms with Gasteiger partial charge >= 0.3 is 0 Å². The highest BCUT2D eigenvalue weighted by atomic mass is 16.5. The first-order chi connectivity index (χ1) is 17.7. The molecule has 1 aromatic heterocycles. The van der Waals surface area contributed by atoms with Crippen molar-refractivity contribution in [1.29, 1.82) is 0 Å². The third-order valence-electron chi connectivity index (χ3n) is 5.27. The molecule has 0 saturated heterocycles. The Balaban J connectivity index is 1.51. The van der Waals surface area contributed by atoms with Gasteiger partial charge < -0.3 is 18.9 Å². The number of nitrogens with one attached hydrogen (secondary N) is 2. The normalized spacial score (nSPS) is 11.1. The molecule has 0 aliphatic rings. The van der Waals surface area contributed by atoms with Crippen LogP contribution in [0, 0.1) is 0 Å². The summed E-state index contributed by atoms with van der Waals surface area (Å²) in [5.74, 6) is 3.56. The van der Waals surface area contributed by atoms with Crippen LogP contribution in [-0.2, 0) is 0 Å². The Morgan fingerprint density at radius 3 is 1.39 bits per heavy atom. The molecule has 0 spiro atoms. The third kappa shape index (κ3) is 5.44. The lowest BCUT2D eigenvalue weighted by Crippen LogP contribution is -2.02. The number of hydrazone groups is 2. The molecule has 3 aromatic carbocycles. The van der Waals surface area contributed by atoms with E-state index < -0.39 is 0 Å². The van der Waals surface area contributed by atoms with Crippen LogP contribution in [0.4, 0.5) is 11.6 Å². The number of anilines is 2. The second kappa shape index (κ2) is 11.5. The highest BCUT2D eigenvalue weighted by Crippen LogP contribution is 2.29. The van der Waals surface area contributed by atoms with E-state index in [4.69, 9.17) is 18.9 Å². The van der Waals surface area contributed by atoms with Gasteiger partial charge in [-0.25, -0.2) is 0 Å². The van der Waals surface area contributed by atoms with E-state index in [1.807, 2.05) is 60.7 Å². The number of benzene rings is 3. The van der Waals surface area contributed by atoms with Crippen molar-refractivity contribution in [3.8, 4) is 23.0 Å². The summed E-state index contributed by atoms with van der Waals surface area (Å²) < 4.78 is 21.2. The lowest BCUT2D eigenvalue weighted by molar-refractivity contribution is 0.355. The van der Waals surface area contributed by atoms with Gasteiger partial charge in [0.1, 0.15) is 0 Å². The van der Waals surface area contributed by atoms with Gasteiger partial charge in [0.2, 0.25) is 0 Å². The topological polar surface area (TPSA) is 111 Å². The lowest BCUT2D eigenvalue weighted by atomic mass is 10.2. The molecule has 4 aromatic rings. The Morgan fingerprint density at radius 2 is 1.00 bits per heavy atom. The predicted octanol–water partition coefficient (Wildman–Crippen LogP) is 4.56. The maximum atomic E-state index is 5.34. The Labute approximate surface area is 208 Å². The zero-order valence-electron chi connectivity index (χ0n) is 20.4. The van der Waals surface area contributed by atoms with E-state index in [-0.39, 0.29) is 0 Å². The van der Waals surface area contributed by atoms with Crippen molar-refractivity contribution >= 4 is 34.8 Å².